The van der Waals surface area contributed by atoms with Gasteiger partial charge in [0, 0.05) is 5.69 Å². The molecule has 0 aliphatic heterocycles. The van der Waals surface area contributed by atoms with Crippen molar-refractivity contribution in [2.45, 2.75) is 19.9 Å². The topological polar surface area (TPSA) is 62.7 Å². The first-order valence-corrected chi connectivity index (χ1v) is 8.54. The van der Waals surface area contributed by atoms with E-state index in [9.17, 15) is 9.18 Å². The van der Waals surface area contributed by atoms with Gasteiger partial charge in [0.1, 0.15) is 11.9 Å². The average Bonchev–Trinajstić information content (AvgIpc) is 3.18. The number of benzene rings is 1. The highest BCUT2D eigenvalue weighted by Crippen LogP contribution is 2.26. The quantitative estimate of drug-likeness (QED) is 0.680. The van der Waals surface area contributed by atoms with Gasteiger partial charge in [-0.25, -0.2) is 4.39 Å². The van der Waals surface area contributed by atoms with Crippen molar-refractivity contribution in [1.29, 1.82) is 0 Å². The van der Waals surface area contributed by atoms with Crippen LogP contribution in [0.25, 0.3) is 10.7 Å². The molecule has 0 spiro atoms. The SMILES string of the molecule is Cc1cc(F)ccc1NC(=O)[C@@H](C)n1c(-c2cccs2)n[nH]c1=S. The number of carbonyl (C=O) groups excluding carboxylic acids is 1. The summed E-state index contributed by atoms with van der Waals surface area (Å²) in [5.74, 6) is 0.0316. The zero-order chi connectivity index (χ0) is 17.3. The number of nitrogens with zero attached hydrogens (tertiary/aromatic N) is 2. The smallest absolute Gasteiger partial charge is 0.247 e. The van der Waals surface area contributed by atoms with Gasteiger partial charge >= 0.3 is 0 Å². The Hall–Kier alpha value is -2.32. The number of anilines is 1. The summed E-state index contributed by atoms with van der Waals surface area (Å²) in [7, 11) is 0. The number of carbonyl (C=O) groups is 1. The maximum atomic E-state index is 13.2. The minimum atomic E-state index is -0.571. The Morgan fingerprint density at radius 3 is 2.92 bits per heavy atom. The van der Waals surface area contributed by atoms with E-state index in [1.165, 1.54) is 23.5 Å². The molecule has 0 saturated carbocycles. The molecule has 0 saturated heterocycles. The molecule has 3 rings (SSSR count). The maximum Gasteiger partial charge on any atom is 0.247 e. The molecular weight excluding hydrogens is 347 g/mol. The summed E-state index contributed by atoms with van der Waals surface area (Å²) < 4.78 is 15.2. The van der Waals surface area contributed by atoms with Gasteiger partial charge < -0.3 is 5.32 Å². The second-order valence-electron chi connectivity index (χ2n) is 5.32. The number of aromatic nitrogens is 3. The van der Waals surface area contributed by atoms with E-state index in [0.29, 0.717) is 21.8 Å². The van der Waals surface area contributed by atoms with Gasteiger partial charge in [-0.2, -0.15) is 5.10 Å². The third kappa shape index (κ3) is 3.15. The number of thiophene rings is 1. The highest BCUT2D eigenvalue weighted by atomic mass is 32.1. The van der Waals surface area contributed by atoms with Crippen LogP contribution < -0.4 is 5.32 Å². The summed E-state index contributed by atoms with van der Waals surface area (Å²) in [4.78, 5) is 13.5. The molecule has 2 heterocycles. The molecule has 0 fully saturated rings. The molecule has 0 unspecified atom stereocenters. The third-order valence-electron chi connectivity index (χ3n) is 3.66. The number of aryl methyl sites for hydroxylation is 1. The standard InChI is InChI=1S/C16H15FN4OS2/c1-9-8-11(17)5-6-12(9)18-15(22)10(2)21-14(19-20-16(21)23)13-4-3-7-24-13/h3-8,10H,1-2H3,(H,18,22)(H,20,23)/t10-/m1/s1. The Morgan fingerprint density at radius 2 is 2.25 bits per heavy atom. The fourth-order valence-electron chi connectivity index (χ4n) is 2.37. The fraction of sp³-hybridized carbons (Fsp3) is 0.188. The first kappa shape index (κ1) is 16.5. The molecule has 2 aromatic heterocycles. The predicted octanol–water partition coefficient (Wildman–Crippen LogP) is 4.32. The zero-order valence-electron chi connectivity index (χ0n) is 13.0. The summed E-state index contributed by atoms with van der Waals surface area (Å²) in [5.41, 5.74) is 1.23. The number of H-pyrrole nitrogens is 1. The molecule has 8 heteroatoms. The van der Waals surface area contributed by atoms with Crippen molar-refractivity contribution in [3.8, 4) is 10.7 Å². The lowest BCUT2D eigenvalue weighted by Crippen LogP contribution is -2.24. The number of aromatic amines is 1. The number of hydrogen-bond acceptors (Lipinski definition) is 4. The average molecular weight is 362 g/mol. The largest absolute Gasteiger partial charge is 0.324 e. The summed E-state index contributed by atoms with van der Waals surface area (Å²) in [6.45, 7) is 3.49. The Bertz CT molecular complexity index is 930. The third-order valence-corrected chi connectivity index (χ3v) is 4.81. The first-order valence-electron chi connectivity index (χ1n) is 7.25. The molecule has 0 bridgehead atoms. The molecule has 124 valence electrons. The van der Waals surface area contributed by atoms with E-state index in [-0.39, 0.29) is 11.7 Å². The highest BCUT2D eigenvalue weighted by molar-refractivity contribution is 7.71. The summed E-state index contributed by atoms with van der Waals surface area (Å²) >= 11 is 6.79. The molecule has 24 heavy (non-hydrogen) atoms. The lowest BCUT2D eigenvalue weighted by Gasteiger charge is -2.16. The van der Waals surface area contributed by atoms with Gasteiger partial charge in [-0.05, 0) is 61.3 Å². The van der Waals surface area contributed by atoms with Gasteiger partial charge in [0.15, 0.2) is 10.6 Å². The predicted molar refractivity (Wildman–Crippen MR) is 95.2 cm³/mol. The second kappa shape index (κ2) is 6.66. The van der Waals surface area contributed by atoms with Crippen molar-refractivity contribution in [2.75, 3.05) is 5.32 Å². The van der Waals surface area contributed by atoms with E-state index < -0.39 is 6.04 Å². The van der Waals surface area contributed by atoms with Crippen LogP contribution in [0.4, 0.5) is 10.1 Å². The molecule has 0 aliphatic carbocycles. The van der Waals surface area contributed by atoms with Crippen LogP contribution >= 0.6 is 23.6 Å². The van der Waals surface area contributed by atoms with Crippen LogP contribution in [-0.4, -0.2) is 20.7 Å². The number of amides is 1. The van der Waals surface area contributed by atoms with E-state index in [1.807, 2.05) is 17.5 Å². The summed E-state index contributed by atoms with van der Waals surface area (Å²) in [6.07, 6.45) is 0. The molecule has 5 nitrogen and oxygen atoms in total. The number of hydrogen-bond donors (Lipinski definition) is 2. The van der Waals surface area contributed by atoms with Crippen LogP contribution in [0.15, 0.2) is 35.7 Å². The maximum absolute atomic E-state index is 13.2. The zero-order valence-corrected chi connectivity index (χ0v) is 14.7. The highest BCUT2D eigenvalue weighted by Gasteiger charge is 2.21. The lowest BCUT2D eigenvalue weighted by molar-refractivity contribution is -0.118. The minimum absolute atomic E-state index is 0.250. The molecule has 1 aromatic carbocycles. The van der Waals surface area contributed by atoms with Crippen LogP contribution in [0.5, 0.6) is 0 Å². The van der Waals surface area contributed by atoms with Crippen LogP contribution in [0.3, 0.4) is 0 Å². The number of rotatable bonds is 4. The Kier molecular flexibility index (Phi) is 4.59. The molecule has 1 amide bonds. The lowest BCUT2D eigenvalue weighted by atomic mass is 10.2. The van der Waals surface area contributed by atoms with Crippen molar-refractivity contribution in [2.24, 2.45) is 0 Å². The molecular formula is C16H15FN4OS2. The van der Waals surface area contributed by atoms with Gasteiger partial charge in [-0.1, -0.05) is 6.07 Å². The van der Waals surface area contributed by atoms with Gasteiger partial charge in [0.05, 0.1) is 4.88 Å². The van der Waals surface area contributed by atoms with E-state index >= 15 is 0 Å². The van der Waals surface area contributed by atoms with Gasteiger partial charge in [0.2, 0.25) is 5.91 Å². The van der Waals surface area contributed by atoms with Gasteiger partial charge in [-0.15, -0.1) is 11.3 Å². The van der Waals surface area contributed by atoms with Crippen LogP contribution in [0.2, 0.25) is 0 Å². The molecule has 1 atom stereocenters. The van der Waals surface area contributed by atoms with Crippen molar-refractivity contribution in [3.63, 3.8) is 0 Å². The van der Waals surface area contributed by atoms with Crippen molar-refractivity contribution in [1.82, 2.24) is 14.8 Å². The molecule has 2 N–H and O–H groups in total. The second-order valence-corrected chi connectivity index (χ2v) is 6.66. The van der Waals surface area contributed by atoms with Crippen molar-refractivity contribution < 1.29 is 9.18 Å². The van der Waals surface area contributed by atoms with Crippen molar-refractivity contribution >= 4 is 35.1 Å². The van der Waals surface area contributed by atoms with E-state index in [0.717, 1.165) is 4.88 Å². The number of nitrogens with one attached hydrogen (secondary N) is 2. The minimum Gasteiger partial charge on any atom is -0.324 e. The van der Waals surface area contributed by atoms with Gasteiger partial charge in [0.25, 0.3) is 0 Å². The van der Waals surface area contributed by atoms with Crippen LogP contribution in [0.1, 0.15) is 18.5 Å². The van der Waals surface area contributed by atoms with E-state index in [4.69, 9.17) is 12.2 Å². The fourth-order valence-corrected chi connectivity index (χ4v) is 3.37. The van der Waals surface area contributed by atoms with Crippen LogP contribution in [0, 0.1) is 17.5 Å². The Morgan fingerprint density at radius 1 is 1.46 bits per heavy atom. The first-order chi connectivity index (χ1) is 11.5. The molecule has 0 aliphatic rings. The summed E-state index contributed by atoms with van der Waals surface area (Å²) in [5, 5.41) is 11.7. The monoisotopic (exact) mass is 362 g/mol. The number of halogens is 1. The molecule has 0 radical (unpaired) electrons. The van der Waals surface area contributed by atoms with E-state index in [1.54, 1.807) is 24.5 Å². The van der Waals surface area contributed by atoms with Crippen molar-refractivity contribution in [3.05, 3.63) is 51.9 Å². The van der Waals surface area contributed by atoms with E-state index in [2.05, 4.69) is 15.5 Å². The van der Waals surface area contributed by atoms with Crippen LogP contribution in [-0.2, 0) is 4.79 Å². The molecule has 3 aromatic rings. The normalized spacial score (nSPS) is 12.1. The Labute approximate surface area is 147 Å². The van der Waals surface area contributed by atoms with Gasteiger partial charge in [-0.3, -0.25) is 14.5 Å². The summed E-state index contributed by atoms with van der Waals surface area (Å²) in [6, 6.07) is 7.49. The Balaban J connectivity index is 1.89.